The van der Waals surface area contributed by atoms with Gasteiger partial charge in [-0.2, -0.15) is 0 Å². The number of allylic oxidation sites excluding steroid dienone is 7. The molecule has 0 aromatic heterocycles. The SMILES string of the molecule is C=C/C(C)=C\C=C1/CSC(/C=C\C)=C1CC. The van der Waals surface area contributed by atoms with Crippen molar-refractivity contribution in [1.29, 1.82) is 0 Å². The van der Waals surface area contributed by atoms with E-state index < -0.39 is 0 Å². The minimum absolute atomic E-state index is 1.10. The molecule has 0 radical (unpaired) electrons. The van der Waals surface area contributed by atoms with Crippen LogP contribution in [0.1, 0.15) is 27.2 Å². The van der Waals surface area contributed by atoms with E-state index in [1.807, 2.05) is 17.8 Å². The molecule has 0 aliphatic carbocycles. The Morgan fingerprint density at radius 2 is 2.25 bits per heavy atom. The van der Waals surface area contributed by atoms with E-state index in [4.69, 9.17) is 0 Å². The van der Waals surface area contributed by atoms with E-state index in [0.29, 0.717) is 0 Å². The highest BCUT2D eigenvalue weighted by Gasteiger charge is 2.16. The molecule has 0 aromatic carbocycles. The van der Waals surface area contributed by atoms with Crippen LogP contribution >= 0.6 is 11.8 Å². The predicted octanol–water partition coefficient (Wildman–Crippen LogP) is 5.03. The molecular formula is C15H20S. The molecule has 16 heavy (non-hydrogen) atoms. The van der Waals surface area contributed by atoms with Crippen molar-refractivity contribution < 1.29 is 0 Å². The Balaban J connectivity index is 2.96. The molecule has 86 valence electrons. The molecule has 1 rings (SSSR count). The van der Waals surface area contributed by atoms with Crippen LogP contribution in [0.2, 0.25) is 0 Å². The van der Waals surface area contributed by atoms with E-state index >= 15 is 0 Å². The molecule has 0 amide bonds. The first-order chi connectivity index (χ1) is 7.72. The maximum atomic E-state index is 3.76. The quantitative estimate of drug-likeness (QED) is 0.612. The molecule has 1 heterocycles. The minimum Gasteiger partial charge on any atom is -0.121 e. The predicted molar refractivity (Wildman–Crippen MR) is 76.6 cm³/mol. The molecular weight excluding hydrogens is 212 g/mol. The summed E-state index contributed by atoms with van der Waals surface area (Å²) in [7, 11) is 0. The van der Waals surface area contributed by atoms with Gasteiger partial charge in [0.15, 0.2) is 0 Å². The molecule has 0 N–H and O–H groups in total. The van der Waals surface area contributed by atoms with Crippen LogP contribution in [0.4, 0.5) is 0 Å². The lowest BCUT2D eigenvalue weighted by molar-refractivity contribution is 1.11. The first-order valence-electron chi connectivity index (χ1n) is 5.71. The fourth-order valence-corrected chi connectivity index (χ4v) is 2.90. The van der Waals surface area contributed by atoms with Gasteiger partial charge in [-0.25, -0.2) is 0 Å². The second-order valence-electron chi connectivity index (χ2n) is 3.79. The molecule has 0 saturated heterocycles. The van der Waals surface area contributed by atoms with E-state index in [0.717, 1.165) is 12.2 Å². The zero-order valence-corrected chi connectivity index (χ0v) is 11.2. The molecule has 1 heteroatoms. The van der Waals surface area contributed by atoms with E-state index in [1.165, 1.54) is 21.6 Å². The van der Waals surface area contributed by atoms with Gasteiger partial charge in [-0.15, -0.1) is 11.8 Å². The average Bonchev–Trinajstić information content (AvgIpc) is 2.68. The van der Waals surface area contributed by atoms with Crippen molar-refractivity contribution in [3.8, 4) is 0 Å². The zero-order valence-electron chi connectivity index (χ0n) is 10.4. The summed E-state index contributed by atoms with van der Waals surface area (Å²) in [5.74, 6) is 1.10. The summed E-state index contributed by atoms with van der Waals surface area (Å²) in [6, 6.07) is 0. The molecule has 0 atom stereocenters. The molecule has 0 nitrogen and oxygen atoms in total. The first-order valence-corrected chi connectivity index (χ1v) is 6.70. The lowest BCUT2D eigenvalue weighted by Crippen LogP contribution is -1.85. The third-order valence-electron chi connectivity index (χ3n) is 2.61. The molecule has 0 spiro atoms. The molecule has 1 aliphatic rings. The van der Waals surface area contributed by atoms with E-state index in [1.54, 1.807) is 0 Å². The van der Waals surface area contributed by atoms with Crippen molar-refractivity contribution in [2.75, 3.05) is 5.75 Å². The fourth-order valence-electron chi connectivity index (χ4n) is 1.64. The first kappa shape index (κ1) is 13.1. The van der Waals surface area contributed by atoms with Gasteiger partial charge in [0.1, 0.15) is 0 Å². The summed E-state index contributed by atoms with van der Waals surface area (Å²) in [6.07, 6.45) is 11.7. The topological polar surface area (TPSA) is 0 Å². The standard InChI is InChI=1S/C15H20S/c1-5-8-15-14(7-3)13(11-16-15)10-9-12(4)6-2/h5-6,8-10H,2,7,11H2,1,3-4H3/b8-5-,12-9-,13-10+. The van der Waals surface area contributed by atoms with Crippen molar-refractivity contribution in [1.82, 2.24) is 0 Å². The monoisotopic (exact) mass is 232 g/mol. The number of rotatable bonds is 4. The van der Waals surface area contributed by atoms with Crippen molar-refractivity contribution >= 4 is 11.8 Å². The molecule has 0 unspecified atom stereocenters. The van der Waals surface area contributed by atoms with Crippen LogP contribution in [0.3, 0.4) is 0 Å². The smallest absolute Gasteiger partial charge is 0.0235 e. The lowest BCUT2D eigenvalue weighted by atomic mass is 10.0. The average molecular weight is 232 g/mol. The summed E-state index contributed by atoms with van der Waals surface area (Å²) in [6.45, 7) is 10.1. The molecule has 0 bridgehead atoms. The third-order valence-corrected chi connectivity index (χ3v) is 3.76. The second kappa shape index (κ2) is 6.59. The van der Waals surface area contributed by atoms with Crippen molar-refractivity contribution in [3.63, 3.8) is 0 Å². The van der Waals surface area contributed by atoms with E-state index in [9.17, 15) is 0 Å². The van der Waals surface area contributed by atoms with Gasteiger partial charge in [0.05, 0.1) is 0 Å². The number of thioether (sulfide) groups is 1. The van der Waals surface area contributed by atoms with Crippen LogP contribution in [0, 0.1) is 0 Å². The van der Waals surface area contributed by atoms with Crippen molar-refractivity contribution in [2.24, 2.45) is 0 Å². The minimum atomic E-state index is 1.10. The summed E-state index contributed by atoms with van der Waals surface area (Å²) in [4.78, 5) is 1.43. The maximum Gasteiger partial charge on any atom is 0.0235 e. The van der Waals surface area contributed by atoms with Crippen LogP contribution in [-0.2, 0) is 0 Å². The van der Waals surface area contributed by atoms with Crippen molar-refractivity contribution in [2.45, 2.75) is 27.2 Å². The summed E-state index contributed by atoms with van der Waals surface area (Å²) in [5.41, 5.74) is 4.17. The Morgan fingerprint density at radius 3 is 2.81 bits per heavy atom. The summed E-state index contributed by atoms with van der Waals surface area (Å²) in [5, 5.41) is 0. The number of hydrogen-bond donors (Lipinski definition) is 0. The van der Waals surface area contributed by atoms with Crippen LogP contribution in [0.25, 0.3) is 0 Å². The van der Waals surface area contributed by atoms with Gasteiger partial charge in [-0.05, 0) is 31.4 Å². The summed E-state index contributed by atoms with van der Waals surface area (Å²) < 4.78 is 0. The molecule has 0 fully saturated rings. The van der Waals surface area contributed by atoms with E-state index in [2.05, 4.69) is 51.7 Å². The van der Waals surface area contributed by atoms with Gasteiger partial charge in [0.2, 0.25) is 0 Å². The highest BCUT2D eigenvalue weighted by atomic mass is 32.2. The van der Waals surface area contributed by atoms with Gasteiger partial charge < -0.3 is 0 Å². The Bertz CT molecular complexity index is 378. The Kier molecular flexibility index (Phi) is 5.41. The highest BCUT2D eigenvalue weighted by molar-refractivity contribution is 8.03. The normalized spacial score (nSPS) is 20.2. The lowest BCUT2D eigenvalue weighted by Gasteiger charge is -2.01. The van der Waals surface area contributed by atoms with Crippen LogP contribution in [0.15, 0.2) is 58.6 Å². The molecule has 1 aliphatic heterocycles. The summed E-state index contributed by atoms with van der Waals surface area (Å²) >= 11 is 1.94. The maximum absolute atomic E-state index is 3.76. The second-order valence-corrected chi connectivity index (χ2v) is 4.81. The van der Waals surface area contributed by atoms with Crippen molar-refractivity contribution in [3.05, 3.63) is 58.6 Å². The molecule has 0 saturated carbocycles. The van der Waals surface area contributed by atoms with Crippen LogP contribution in [-0.4, -0.2) is 5.75 Å². The zero-order chi connectivity index (χ0) is 12.0. The highest BCUT2D eigenvalue weighted by Crippen LogP contribution is 2.38. The Morgan fingerprint density at radius 1 is 1.50 bits per heavy atom. The Hall–Kier alpha value is -0.950. The molecule has 0 aromatic rings. The number of hydrogen-bond acceptors (Lipinski definition) is 1. The van der Waals surface area contributed by atoms with Gasteiger partial charge in [0, 0.05) is 10.7 Å². The van der Waals surface area contributed by atoms with Gasteiger partial charge in [0.25, 0.3) is 0 Å². The third kappa shape index (κ3) is 3.28. The van der Waals surface area contributed by atoms with Gasteiger partial charge in [-0.1, -0.05) is 49.5 Å². The van der Waals surface area contributed by atoms with E-state index in [-0.39, 0.29) is 0 Å². The Labute approximate surface area is 104 Å². The van der Waals surface area contributed by atoms with Gasteiger partial charge >= 0.3 is 0 Å². The fraction of sp³-hybridized carbons (Fsp3) is 0.333. The van der Waals surface area contributed by atoms with Gasteiger partial charge in [-0.3, -0.25) is 0 Å². The van der Waals surface area contributed by atoms with Crippen LogP contribution in [0.5, 0.6) is 0 Å². The van der Waals surface area contributed by atoms with Crippen LogP contribution < -0.4 is 0 Å². The largest absolute Gasteiger partial charge is 0.121 e.